The highest BCUT2D eigenvalue weighted by Gasteiger charge is 2.34. The lowest BCUT2D eigenvalue weighted by molar-refractivity contribution is 0.175. The van der Waals surface area contributed by atoms with E-state index < -0.39 is 13.4 Å². The molecule has 0 bridgehead atoms. The fourth-order valence-electron chi connectivity index (χ4n) is 1.47. The molecule has 7 heteroatoms. The summed E-state index contributed by atoms with van der Waals surface area (Å²) in [5.74, 6) is -0.446. The van der Waals surface area contributed by atoms with Gasteiger partial charge in [0, 0.05) is 14.2 Å². The van der Waals surface area contributed by atoms with Gasteiger partial charge in [0.1, 0.15) is 0 Å². The van der Waals surface area contributed by atoms with Crippen LogP contribution in [0, 0.1) is 0 Å². The lowest BCUT2D eigenvalue weighted by atomic mass is 10.2. The first-order chi connectivity index (χ1) is 8.52. The molecule has 0 aliphatic rings. The predicted molar refractivity (Wildman–Crippen MR) is 66.1 cm³/mol. The number of hydrogen-bond acceptors (Lipinski definition) is 6. The molecular weight excluding hydrogens is 259 g/mol. The van der Waals surface area contributed by atoms with Gasteiger partial charge in [-0.05, 0) is 17.7 Å². The maximum atomic E-state index is 12.0. The third kappa shape index (κ3) is 2.84. The molecule has 0 spiro atoms. The molecule has 1 N–H and O–H groups in total. The Hall–Kier alpha value is -1.07. The van der Waals surface area contributed by atoms with E-state index in [9.17, 15) is 9.67 Å². The van der Waals surface area contributed by atoms with Crippen LogP contribution in [-0.2, 0) is 13.6 Å². The average Bonchev–Trinajstić information content (AvgIpc) is 2.44. The van der Waals surface area contributed by atoms with Gasteiger partial charge in [-0.1, -0.05) is 6.07 Å². The summed E-state index contributed by atoms with van der Waals surface area (Å²) < 4.78 is 31.7. The maximum absolute atomic E-state index is 12.0. The zero-order valence-electron chi connectivity index (χ0n) is 10.7. The first-order valence-corrected chi connectivity index (χ1v) is 6.74. The van der Waals surface area contributed by atoms with E-state index in [1.54, 1.807) is 12.1 Å². The molecule has 1 atom stereocenters. The fourth-order valence-corrected chi connectivity index (χ4v) is 2.54. The highest BCUT2D eigenvalue weighted by atomic mass is 31.2. The van der Waals surface area contributed by atoms with Crippen molar-refractivity contribution in [1.82, 2.24) is 0 Å². The molecule has 0 amide bonds. The molecule has 18 heavy (non-hydrogen) atoms. The molecule has 1 rings (SSSR count). The van der Waals surface area contributed by atoms with Crippen molar-refractivity contribution in [3.05, 3.63) is 23.8 Å². The lowest BCUT2D eigenvalue weighted by Crippen LogP contribution is -2.03. The van der Waals surface area contributed by atoms with Crippen LogP contribution in [0.25, 0.3) is 0 Å². The highest BCUT2D eigenvalue weighted by molar-refractivity contribution is 7.53. The van der Waals surface area contributed by atoms with Crippen LogP contribution in [0.3, 0.4) is 0 Å². The molecule has 1 aromatic rings. The van der Waals surface area contributed by atoms with Gasteiger partial charge < -0.3 is 23.6 Å². The van der Waals surface area contributed by atoms with Crippen LogP contribution < -0.4 is 9.47 Å². The van der Waals surface area contributed by atoms with Crippen LogP contribution in [0.2, 0.25) is 0 Å². The summed E-state index contributed by atoms with van der Waals surface area (Å²) in [5.41, 5.74) is 0.361. The minimum atomic E-state index is -3.59. The monoisotopic (exact) mass is 276 g/mol. The Balaban J connectivity index is 3.14. The van der Waals surface area contributed by atoms with Gasteiger partial charge in [0.2, 0.25) is 0 Å². The molecule has 0 fully saturated rings. The predicted octanol–water partition coefficient (Wildman–Crippen LogP) is 2.18. The molecule has 0 radical (unpaired) electrons. The van der Waals surface area contributed by atoms with Gasteiger partial charge in [-0.15, -0.1) is 0 Å². The van der Waals surface area contributed by atoms with E-state index in [0.29, 0.717) is 17.1 Å². The lowest BCUT2D eigenvalue weighted by Gasteiger charge is -2.20. The van der Waals surface area contributed by atoms with Crippen molar-refractivity contribution in [2.24, 2.45) is 0 Å². The average molecular weight is 276 g/mol. The normalized spacial score (nSPS) is 13.2. The number of hydrogen-bond donors (Lipinski definition) is 1. The molecule has 0 saturated heterocycles. The number of aliphatic hydroxyl groups is 1. The number of aliphatic hydroxyl groups excluding tert-OH is 1. The van der Waals surface area contributed by atoms with Crippen LogP contribution >= 0.6 is 7.60 Å². The van der Waals surface area contributed by atoms with Crippen LogP contribution in [0.5, 0.6) is 11.5 Å². The molecule has 102 valence electrons. The Morgan fingerprint density at radius 1 is 1.06 bits per heavy atom. The maximum Gasteiger partial charge on any atom is 0.362 e. The number of ether oxygens (including phenoxy) is 2. The van der Waals surface area contributed by atoms with Gasteiger partial charge >= 0.3 is 7.60 Å². The second kappa shape index (κ2) is 6.20. The summed E-state index contributed by atoms with van der Waals surface area (Å²) >= 11 is 0. The Kier molecular flexibility index (Phi) is 5.16. The van der Waals surface area contributed by atoms with Crippen LogP contribution in [-0.4, -0.2) is 33.5 Å². The van der Waals surface area contributed by atoms with Crippen LogP contribution in [0.1, 0.15) is 11.4 Å². The summed E-state index contributed by atoms with van der Waals surface area (Å²) in [6.45, 7) is 0. The highest BCUT2D eigenvalue weighted by Crippen LogP contribution is 2.58. The summed E-state index contributed by atoms with van der Waals surface area (Å²) in [7, 11) is 1.82. The Bertz CT molecular complexity index is 439. The van der Waals surface area contributed by atoms with Crippen molar-refractivity contribution < 1.29 is 28.2 Å². The van der Waals surface area contributed by atoms with E-state index in [1.165, 1.54) is 34.5 Å². The van der Waals surface area contributed by atoms with E-state index >= 15 is 0 Å². The van der Waals surface area contributed by atoms with Crippen molar-refractivity contribution in [3.63, 3.8) is 0 Å². The van der Waals surface area contributed by atoms with Gasteiger partial charge in [-0.3, -0.25) is 4.57 Å². The van der Waals surface area contributed by atoms with Crippen LogP contribution in [0.15, 0.2) is 18.2 Å². The second-order valence-electron chi connectivity index (χ2n) is 3.39. The molecular formula is C11H17O6P. The molecule has 6 nitrogen and oxygen atoms in total. The molecule has 0 aliphatic heterocycles. The summed E-state index contributed by atoms with van der Waals surface area (Å²) in [4.78, 5) is 0. The first-order valence-electron chi connectivity index (χ1n) is 5.13. The SMILES string of the molecule is COc1ccc([C@H](O)P(=O)(OC)OC)cc1OC. The standard InChI is InChI=1S/C11H17O6P/c1-14-9-6-5-8(7-10(9)15-2)11(12)18(13,16-3)17-4/h5-7,11-12H,1-4H3/t11-/m1/s1. The van der Waals surface area contributed by atoms with Crippen molar-refractivity contribution in [2.45, 2.75) is 5.85 Å². The van der Waals surface area contributed by atoms with Gasteiger partial charge in [0.05, 0.1) is 14.2 Å². The first kappa shape index (κ1) is 15.0. The minimum absolute atomic E-state index is 0.361. The number of benzene rings is 1. The van der Waals surface area contributed by atoms with Gasteiger partial charge in [0.15, 0.2) is 17.3 Å². The Morgan fingerprint density at radius 2 is 1.61 bits per heavy atom. The number of rotatable bonds is 6. The van der Waals surface area contributed by atoms with E-state index in [0.717, 1.165) is 0 Å². The van der Waals surface area contributed by atoms with Gasteiger partial charge in [-0.2, -0.15) is 0 Å². The van der Waals surface area contributed by atoms with E-state index in [-0.39, 0.29) is 0 Å². The zero-order chi connectivity index (χ0) is 13.8. The summed E-state index contributed by atoms with van der Waals surface area (Å²) in [5, 5.41) is 10.0. The smallest absolute Gasteiger partial charge is 0.362 e. The quantitative estimate of drug-likeness (QED) is 0.803. The third-order valence-corrected chi connectivity index (χ3v) is 4.43. The summed E-state index contributed by atoms with van der Waals surface area (Å²) in [6.07, 6.45) is 0. The van der Waals surface area contributed by atoms with Crippen molar-refractivity contribution in [2.75, 3.05) is 28.4 Å². The zero-order valence-corrected chi connectivity index (χ0v) is 11.6. The second-order valence-corrected chi connectivity index (χ2v) is 5.69. The number of methoxy groups -OCH3 is 2. The Labute approximate surface area is 106 Å². The molecule has 0 heterocycles. The van der Waals surface area contributed by atoms with Crippen molar-refractivity contribution in [3.8, 4) is 11.5 Å². The topological polar surface area (TPSA) is 74.2 Å². The van der Waals surface area contributed by atoms with E-state index in [2.05, 4.69) is 0 Å². The van der Waals surface area contributed by atoms with E-state index in [4.69, 9.17) is 18.5 Å². The molecule has 0 aromatic heterocycles. The molecule has 0 aliphatic carbocycles. The van der Waals surface area contributed by atoms with Gasteiger partial charge in [-0.25, -0.2) is 0 Å². The molecule has 0 unspecified atom stereocenters. The molecule has 1 aromatic carbocycles. The summed E-state index contributed by atoms with van der Waals surface area (Å²) in [6, 6.07) is 4.69. The van der Waals surface area contributed by atoms with E-state index in [1.807, 2.05) is 0 Å². The Morgan fingerprint density at radius 3 is 2.06 bits per heavy atom. The van der Waals surface area contributed by atoms with Crippen LogP contribution in [0.4, 0.5) is 0 Å². The third-order valence-electron chi connectivity index (χ3n) is 2.51. The fraction of sp³-hybridized carbons (Fsp3) is 0.455. The van der Waals surface area contributed by atoms with Gasteiger partial charge in [0.25, 0.3) is 0 Å². The minimum Gasteiger partial charge on any atom is -0.493 e. The molecule has 0 saturated carbocycles. The van der Waals surface area contributed by atoms with Crippen molar-refractivity contribution >= 4 is 7.60 Å². The largest absolute Gasteiger partial charge is 0.493 e. The van der Waals surface area contributed by atoms with Crippen molar-refractivity contribution in [1.29, 1.82) is 0 Å².